The number of nitrogens with zero attached hydrogens (tertiary/aromatic N) is 2. The molecule has 0 aliphatic heterocycles. The van der Waals surface area contributed by atoms with E-state index in [4.69, 9.17) is 20.8 Å². The summed E-state index contributed by atoms with van der Waals surface area (Å²) in [5, 5.41) is 5.78. The number of methoxy groups -OCH3 is 1. The van der Waals surface area contributed by atoms with E-state index >= 15 is 0 Å². The molecule has 2 aromatic carbocycles. The molecule has 2 unspecified atom stereocenters. The van der Waals surface area contributed by atoms with Crippen molar-refractivity contribution in [3.05, 3.63) is 53.8 Å². The lowest BCUT2D eigenvalue weighted by molar-refractivity contribution is -0.152. The van der Waals surface area contributed by atoms with Gasteiger partial charge in [-0.1, -0.05) is 30.3 Å². The molecule has 3 aliphatic rings. The molecular formula is C26H24ClN3O3. The Morgan fingerprint density at radius 1 is 1.03 bits per heavy atom. The lowest BCUT2D eigenvalue weighted by Crippen LogP contribution is -2.51. The maximum absolute atomic E-state index is 12.6. The molecule has 2 aromatic heterocycles. The fourth-order valence-corrected chi connectivity index (χ4v) is 6.06. The van der Waals surface area contributed by atoms with Crippen molar-refractivity contribution in [1.82, 2.24) is 9.97 Å². The Balaban J connectivity index is 1.40. The summed E-state index contributed by atoms with van der Waals surface area (Å²) in [7, 11) is 1.47. The smallest absolute Gasteiger partial charge is 0.311 e. The molecule has 0 spiro atoms. The van der Waals surface area contributed by atoms with Gasteiger partial charge in [-0.05, 0) is 61.3 Å². The van der Waals surface area contributed by atoms with Crippen molar-refractivity contribution in [2.24, 2.45) is 17.8 Å². The van der Waals surface area contributed by atoms with Crippen LogP contribution in [0.5, 0.6) is 0 Å². The predicted octanol–water partition coefficient (Wildman–Crippen LogP) is 6.09. The summed E-state index contributed by atoms with van der Waals surface area (Å²) in [4.78, 5) is 21.5. The van der Waals surface area contributed by atoms with E-state index in [9.17, 15) is 4.79 Å². The second kappa shape index (κ2) is 8.03. The van der Waals surface area contributed by atoms with E-state index in [0.29, 0.717) is 23.3 Å². The van der Waals surface area contributed by atoms with Crippen LogP contribution in [0.2, 0.25) is 5.28 Å². The Kier molecular flexibility index (Phi) is 4.98. The van der Waals surface area contributed by atoms with Crippen molar-refractivity contribution < 1.29 is 13.9 Å². The lowest BCUT2D eigenvalue weighted by Gasteiger charge is -2.47. The summed E-state index contributed by atoms with van der Waals surface area (Å²) in [5.74, 6) is 1.06. The van der Waals surface area contributed by atoms with E-state index < -0.39 is 0 Å². The van der Waals surface area contributed by atoms with E-state index in [1.54, 1.807) is 0 Å². The summed E-state index contributed by atoms with van der Waals surface area (Å²) < 4.78 is 11.3. The average Bonchev–Trinajstić information content (AvgIpc) is 3.23. The average molecular weight is 462 g/mol. The number of carbonyl (C=O) groups is 1. The van der Waals surface area contributed by atoms with Gasteiger partial charge in [-0.15, -0.1) is 0 Å². The molecule has 7 heteroatoms. The van der Waals surface area contributed by atoms with E-state index in [2.05, 4.69) is 21.4 Å². The van der Waals surface area contributed by atoms with Crippen LogP contribution >= 0.6 is 11.6 Å². The second-order valence-corrected chi connectivity index (χ2v) is 9.42. The first-order valence-electron chi connectivity index (χ1n) is 11.4. The molecule has 7 rings (SSSR count). The highest BCUT2D eigenvalue weighted by atomic mass is 35.5. The van der Waals surface area contributed by atoms with Gasteiger partial charge >= 0.3 is 5.97 Å². The molecule has 2 atom stereocenters. The van der Waals surface area contributed by atoms with Crippen molar-refractivity contribution in [1.29, 1.82) is 0 Å². The molecule has 4 aromatic rings. The van der Waals surface area contributed by atoms with Crippen LogP contribution < -0.4 is 5.32 Å². The molecule has 33 heavy (non-hydrogen) atoms. The van der Waals surface area contributed by atoms with Crippen LogP contribution in [0.15, 0.2) is 52.9 Å². The van der Waals surface area contributed by atoms with Crippen molar-refractivity contribution in [3.63, 3.8) is 0 Å². The number of anilines is 1. The summed E-state index contributed by atoms with van der Waals surface area (Å²) in [6.07, 6.45) is 4.37. The maximum Gasteiger partial charge on any atom is 0.311 e. The third-order valence-electron chi connectivity index (χ3n) is 7.39. The van der Waals surface area contributed by atoms with Crippen LogP contribution in [0.3, 0.4) is 0 Å². The highest BCUT2D eigenvalue weighted by molar-refractivity contribution is 6.28. The molecule has 0 radical (unpaired) electrons. The number of rotatable bonds is 4. The fourth-order valence-electron chi connectivity index (χ4n) is 5.88. The molecule has 3 fully saturated rings. The molecule has 168 valence electrons. The molecule has 2 heterocycles. The number of esters is 1. The third-order valence-corrected chi connectivity index (χ3v) is 7.56. The molecule has 3 aliphatic carbocycles. The fraction of sp³-hybridized carbons (Fsp3) is 0.346. The lowest BCUT2D eigenvalue weighted by atomic mass is 9.61. The van der Waals surface area contributed by atoms with Gasteiger partial charge in [-0.25, -0.2) is 9.97 Å². The van der Waals surface area contributed by atoms with E-state index in [-0.39, 0.29) is 23.2 Å². The number of nitrogens with one attached hydrogen (secondary N) is 1. The van der Waals surface area contributed by atoms with Crippen molar-refractivity contribution in [3.8, 4) is 11.3 Å². The summed E-state index contributed by atoms with van der Waals surface area (Å²) in [6, 6.07) is 15.9. The number of fused-ring (bicyclic) bond motifs is 6. The van der Waals surface area contributed by atoms with Crippen LogP contribution in [-0.2, 0) is 9.53 Å². The zero-order chi connectivity index (χ0) is 22.5. The number of hydrogen-bond acceptors (Lipinski definition) is 6. The molecule has 0 amide bonds. The van der Waals surface area contributed by atoms with Gasteiger partial charge in [0.2, 0.25) is 5.28 Å². The predicted molar refractivity (Wildman–Crippen MR) is 128 cm³/mol. The van der Waals surface area contributed by atoms with Gasteiger partial charge in [-0.2, -0.15) is 0 Å². The molecule has 3 saturated carbocycles. The van der Waals surface area contributed by atoms with Crippen molar-refractivity contribution in [2.45, 2.75) is 31.7 Å². The number of ether oxygens (including phenoxy) is 1. The molecule has 2 bridgehead atoms. The normalized spacial score (nSPS) is 24.3. The zero-order valence-corrected chi connectivity index (χ0v) is 19.0. The van der Waals surface area contributed by atoms with Crippen LogP contribution in [0.4, 0.5) is 5.82 Å². The Bertz CT molecular complexity index is 1360. The zero-order valence-electron chi connectivity index (χ0n) is 18.3. The number of aromatic nitrogens is 2. The number of carbonyl (C=O) groups excluding carboxylic acids is 1. The van der Waals surface area contributed by atoms with E-state index in [1.807, 2.05) is 42.5 Å². The van der Waals surface area contributed by atoms with E-state index in [1.165, 1.54) is 7.11 Å². The first-order chi connectivity index (χ1) is 16.1. The monoisotopic (exact) mass is 461 g/mol. The van der Waals surface area contributed by atoms with Crippen LogP contribution in [0.1, 0.15) is 25.7 Å². The number of hydrogen-bond donors (Lipinski definition) is 1. The minimum atomic E-state index is -0.168. The largest absolute Gasteiger partial charge is 0.469 e. The summed E-state index contributed by atoms with van der Waals surface area (Å²) >= 11 is 6.37. The number of halogens is 1. The Labute approximate surface area is 196 Å². The molecule has 0 saturated heterocycles. The second-order valence-electron chi connectivity index (χ2n) is 9.08. The van der Waals surface area contributed by atoms with Gasteiger partial charge in [0, 0.05) is 28.4 Å². The van der Waals surface area contributed by atoms with Gasteiger partial charge in [0.1, 0.15) is 17.0 Å². The SMILES string of the molecule is COC(=O)C1C2CCC(CC2)C1Nc1cc(-c2cccc3c2oc2ccccc23)nc(Cl)n1. The topological polar surface area (TPSA) is 77.2 Å². The number of furan rings is 1. The van der Waals surface area contributed by atoms with Gasteiger partial charge in [0.15, 0.2) is 0 Å². The minimum absolute atomic E-state index is 0.0224. The van der Waals surface area contributed by atoms with Crippen LogP contribution in [-0.4, -0.2) is 29.1 Å². The summed E-state index contributed by atoms with van der Waals surface area (Å²) in [5.41, 5.74) is 3.13. The minimum Gasteiger partial charge on any atom is -0.469 e. The van der Waals surface area contributed by atoms with Gasteiger partial charge < -0.3 is 14.5 Å². The van der Waals surface area contributed by atoms with Gasteiger partial charge in [0.25, 0.3) is 0 Å². The Morgan fingerprint density at radius 3 is 2.61 bits per heavy atom. The Hall–Kier alpha value is -3.12. The number of para-hydroxylation sites is 2. The van der Waals surface area contributed by atoms with Gasteiger partial charge in [-0.3, -0.25) is 4.79 Å². The highest BCUT2D eigenvalue weighted by Crippen LogP contribution is 2.47. The van der Waals surface area contributed by atoms with Gasteiger partial charge in [0.05, 0.1) is 18.7 Å². The first-order valence-corrected chi connectivity index (χ1v) is 11.8. The standard InChI is InChI=1S/C26H24ClN3O3/c1-32-25(31)22-14-9-11-15(12-10-14)23(22)29-21-13-19(28-26(27)30-21)18-7-4-6-17-16-5-2-3-8-20(16)33-24(17)18/h2-8,13-15,22-23H,9-12H2,1H3,(H,28,29,30). The van der Waals surface area contributed by atoms with Crippen molar-refractivity contribution >= 4 is 45.3 Å². The molecule has 6 nitrogen and oxygen atoms in total. The third kappa shape index (κ3) is 3.44. The van der Waals surface area contributed by atoms with E-state index in [0.717, 1.165) is 53.2 Å². The quantitative estimate of drug-likeness (QED) is 0.293. The number of benzene rings is 2. The molecule has 1 N–H and O–H groups in total. The summed E-state index contributed by atoms with van der Waals surface area (Å²) in [6.45, 7) is 0. The highest BCUT2D eigenvalue weighted by Gasteiger charge is 2.47. The first kappa shape index (κ1) is 20.5. The maximum atomic E-state index is 12.6. The molecular weight excluding hydrogens is 438 g/mol. The van der Waals surface area contributed by atoms with Crippen LogP contribution in [0.25, 0.3) is 33.2 Å². The Morgan fingerprint density at radius 2 is 1.79 bits per heavy atom. The van der Waals surface area contributed by atoms with Crippen LogP contribution in [0, 0.1) is 17.8 Å². The van der Waals surface area contributed by atoms with Crippen molar-refractivity contribution in [2.75, 3.05) is 12.4 Å².